The predicted molar refractivity (Wildman–Crippen MR) is 172 cm³/mol. The Morgan fingerprint density at radius 2 is 1.86 bits per heavy atom. The van der Waals surface area contributed by atoms with Crippen LogP contribution in [-0.2, 0) is 27.6 Å². The molecular weight excluding hydrogens is 589 g/mol. The molecule has 222 valence electrons. The molecule has 0 N–H and O–H groups in total. The van der Waals surface area contributed by atoms with Crippen molar-refractivity contribution in [2.45, 2.75) is 65.0 Å². The summed E-state index contributed by atoms with van der Waals surface area (Å²) < 4.78 is 26.3. The van der Waals surface area contributed by atoms with Crippen molar-refractivity contribution in [3.05, 3.63) is 67.8 Å². The van der Waals surface area contributed by atoms with Gasteiger partial charge in [0.2, 0.25) is 0 Å². The molecule has 4 heterocycles. The van der Waals surface area contributed by atoms with Gasteiger partial charge in [0.15, 0.2) is 9.84 Å². The van der Waals surface area contributed by atoms with Gasteiger partial charge in [0.05, 0.1) is 22.5 Å². The molecule has 5 rings (SSSR count). The van der Waals surface area contributed by atoms with Gasteiger partial charge in [-0.3, -0.25) is 19.1 Å². The molecule has 1 amide bonds. The van der Waals surface area contributed by atoms with Crippen molar-refractivity contribution in [3.8, 4) is 6.07 Å². The third-order valence-electron chi connectivity index (χ3n) is 8.54. The van der Waals surface area contributed by atoms with Crippen molar-refractivity contribution in [1.82, 2.24) is 9.47 Å². The minimum atomic E-state index is -3.20. The first-order valence-corrected chi connectivity index (χ1v) is 17.6. The number of benzene rings is 1. The van der Waals surface area contributed by atoms with E-state index >= 15 is 0 Å². The Kier molecular flexibility index (Phi) is 9.26. The normalized spacial score (nSPS) is 21.8. The van der Waals surface area contributed by atoms with Gasteiger partial charge in [-0.2, -0.15) is 5.26 Å². The first-order chi connectivity index (χ1) is 20.1. The van der Waals surface area contributed by atoms with Gasteiger partial charge in [-0.25, -0.2) is 8.42 Å². The molecule has 8 nitrogen and oxygen atoms in total. The van der Waals surface area contributed by atoms with E-state index in [4.69, 9.17) is 12.2 Å². The van der Waals surface area contributed by atoms with Crippen molar-refractivity contribution in [2.75, 3.05) is 29.5 Å². The zero-order chi connectivity index (χ0) is 30.0. The fourth-order valence-corrected chi connectivity index (χ4v) is 9.29. The summed E-state index contributed by atoms with van der Waals surface area (Å²) in [6, 6.07) is 12.1. The number of hydrogen-bond donors (Lipinski definition) is 0. The number of unbranched alkanes of at least 4 members (excludes halogenated alkanes) is 1. The molecule has 0 radical (unpaired) electrons. The Morgan fingerprint density at radius 3 is 2.48 bits per heavy atom. The lowest BCUT2D eigenvalue weighted by atomic mass is 9.90. The molecule has 1 atom stereocenters. The molecule has 3 fully saturated rings. The highest BCUT2D eigenvalue weighted by Crippen LogP contribution is 2.39. The number of carbonyl (C=O) groups is 1. The maximum atomic E-state index is 13.6. The van der Waals surface area contributed by atoms with Crippen LogP contribution in [0.2, 0.25) is 0 Å². The highest BCUT2D eigenvalue weighted by Gasteiger charge is 2.42. The first-order valence-electron chi connectivity index (χ1n) is 14.6. The van der Waals surface area contributed by atoms with Gasteiger partial charge in [0.25, 0.3) is 11.5 Å². The molecule has 11 heteroatoms. The topological polar surface area (TPSA) is 103 Å². The second-order valence-corrected chi connectivity index (χ2v) is 15.3. The van der Waals surface area contributed by atoms with Gasteiger partial charge in [-0.05, 0) is 62.1 Å². The number of hydrogen-bond acceptors (Lipinski definition) is 8. The Labute approximate surface area is 257 Å². The van der Waals surface area contributed by atoms with Gasteiger partial charge in [0.1, 0.15) is 21.8 Å². The number of sulfone groups is 1. The lowest BCUT2D eigenvalue weighted by Crippen LogP contribution is -2.40. The number of nitriles is 1. The number of anilines is 1. The van der Waals surface area contributed by atoms with Crippen LogP contribution in [-0.4, -0.2) is 58.7 Å². The van der Waals surface area contributed by atoms with Crippen LogP contribution >= 0.6 is 24.0 Å². The molecule has 0 saturated carbocycles. The maximum absolute atomic E-state index is 13.6. The molecule has 3 saturated heterocycles. The zero-order valence-corrected chi connectivity index (χ0v) is 26.5. The van der Waals surface area contributed by atoms with Crippen LogP contribution in [0.1, 0.15) is 61.3 Å². The van der Waals surface area contributed by atoms with E-state index in [1.807, 2.05) is 6.07 Å². The number of amides is 1. The molecule has 0 bridgehead atoms. The standard InChI is InChI=1S/C31H36N4O4S3/c1-3-4-13-34-28(33-14-10-23(11-15-33)17-22-8-6-5-7-9-22)25(21(2)26(19-32)29(34)36)18-27-30(37)35(31(40)41-27)24-12-16-42(38,39)20-24/h5-9,18,23-24H,3-4,10-17,20H2,1-2H3/b27-18+. The summed E-state index contributed by atoms with van der Waals surface area (Å²) in [5.41, 5.74) is 2.33. The third-order valence-corrected chi connectivity index (χ3v) is 11.6. The van der Waals surface area contributed by atoms with Gasteiger partial charge >= 0.3 is 0 Å². The Balaban J connectivity index is 1.52. The quantitative estimate of drug-likeness (QED) is 0.308. The van der Waals surface area contributed by atoms with E-state index in [-0.39, 0.29) is 28.5 Å². The minimum Gasteiger partial charge on any atom is -0.357 e. The number of pyridine rings is 1. The molecular formula is C31H36N4O4S3. The monoisotopic (exact) mass is 624 g/mol. The van der Waals surface area contributed by atoms with Crippen molar-refractivity contribution in [1.29, 1.82) is 5.26 Å². The number of thioether (sulfide) groups is 1. The summed E-state index contributed by atoms with van der Waals surface area (Å²) >= 11 is 6.70. The Hall–Kier alpha value is -2.94. The van der Waals surface area contributed by atoms with E-state index in [0.29, 0.717) is 39.2 Å². The van der Waals surface area contributed by atoms with Crippen LogP contribution < -0.4 is 10.5 Å². The second kappa shape index (κ2) is 12.7. The van der Waals surface area contributed by atoms with Gasteiger partial charge in [-0.15, -0.1) is 0 Å². The SMILES string of the molecule is CCCCn1c(N2CCC(Cc3ccccc3)CC2)c(/C=C2/SC(=S)N(C3CCS(=O)(=O)C3)C2=O)c(C)c(C#N)c1=O. The average Bonchev–Trinajstić information content (AvgIpc) is 3.46. The summed E-state index contributed by atoms with van der Waals surface area (Å²) in [5, 5.41) is 9.98. The third kappa shape index (κ3) is 6.21. The number of rotatable bonds is 8. The van der Waals surface area contributed by atoms with Crippen molar-refractivity contribution in [3.63, 3.8) is 0 Å². The molecule has 0 spiro atoms. The molecule has 1 unspecified atom stereocenters. The molecule has 42 heavy (non-hydrogen) atoms. The van der Waals surface area contributed by atoms with E-state index in [1.54, 1.807) is 17.6 Å². The van der Waals surface area contributed by atoms with E-state index in [0.717, 1.165) is 62.8 Å². The Morgan fingerprint density at radius 1 is 1.14 bits per heavy atom. The van der Waals surface area contributed by atoms with E-state index in [9.17, 15) is 23.3 Å². The maximum Gasteiger partial charge on any atom is 0.270 e. The summed E-state index contributed by atoms with van der Waals surface area (Å²) in [6.45, 7) is 5.83. The number of thiocarbonyl (C=S) groups is 1. The molecule has 3 aliphatic heterocycles. The second-order valence-electron chi connectivity index (χ2n) is 11.4. The summed E-state index contributed by atoms with van der Waals surface area (Å²) in [7, 11) is -3.20. The Bertz CT molecular complexity index is 1620. The largest absolute Gasteiger partial charge is 0.357 e. The van der Waals surface area contributed by atoms with Gasteiger partial charge < -0.3 is 4.90 Å². The van der Waals surface area contributed by atoms with Crippen LogP contribution in [0.4, 0.5) is 5.82 Å². The first kappa shape index (κ1) is 30.5. The van der Waals surface area contributed by atoms with Crippen LogP contribution in [0, 0.1) is 24.2 Å². The van der Waals surface area contributed by atoms with E-state index in [2.05, 4.69) is 42.2 Å². The minimum absolute atomic E-state index is 0.0468. The molecule has 1 aromatic heterocycles. The van der Waals surface area contributed by atoms with Crippen LogP contribution in [0.15, 0.2) is 40.0 Å². The highest BCUT2D eigenvalue weighted by atomic mass is 32.2. The fourth-order valence-electron chi connectivity index (χ4n) is 6.21. The molecule has 1 aromatic carbocycles. The van der Waals surface area contributed by atoms with Crippen LogP contribution in [0.3, 0.4) is 0 Å². The number of aromatic nitrogens is 1. The fraction of sp³-hybridized carbons (Fsp3) is 0.484. The molecule has 3 aliphatic rings. The predicted octanol–water partition coefficient (Wildman–Crippen LogP) is 4.68. The van der Waals surface area contributed by atoms with Crippen LogP contribution in [0.25, 0.3) is 6.08 Å². The van der Waals surface area contributed by atoms with E-state index < -0.39 is 15.9 Å². The van der Waals surface area contributed by atoms with Crippen LogP contribution in [0.5, 0.6) is 0 Å². The van der Waals surface area contributed by atoms with Crippen molar-refractivity contribution in [2.24, 2.45) is 5.92 Å². The molecule has 2 aromatic rings. The number of carbonyl (C=O) groups excluding carboxylic acids is 1. The number of nitrogens with zero attached hydrogens (tertiary/aromatic N) is 4. The zero-order valence-electron chi connectivity index (χ0n) is 24.0. The summed E-state index contributed by atoms with van der Waals surface area (Å²) in [4.78, 5) is 31.3. The lowest BCUT2D eigenvalue weighted by Gasteiger charge is -2.36. The average molecular weight is 625 g/mol. The van der Waals surface area contributed by atoms with E-state index in [1.165, 1.54) is 10.5 Å². The van der Waals surface area contributed by atoms with Gasteiger partial charge in [-0.1, -0.05) is 67.7 Å². The lowest BCUT2D eigenvalue weighted by molar-refractivity contribution is -0.123. The number of piperidine rings is 1. The smallest absolute Gasteiger partial charge is 0.270 e. The highest BCUT2D eigenvalue weighted by molar-refractivity contribution is 8.26. The summed E-state index contributed by atoms with van der Waals surface area (Å²) in [5.74, 6) is 0.919. The molecule has 0 aliphatic carbocycles. The summed E-state index contributed by atoms with van der Waals surface area (Å²) in [6.07, 6.45) is 6.75. The van der Waals surface area contributed by atoms with Crippen molar-refractivity contribution >= 4 is 55.9 Å². The van der Waals surface area contributed by atoms with Gasteiger partial charge in [0, 0.05) is 25.2 Å². The van der Waals surface area contributed by atoms with Crippen molar-refractivity contribution < 1.29 is 13.2 Å².